The highest BCUT2D eigenvalue weighted by Crippen LogP contribution is 2.19. The second-order valence-corrected chi connectivity index (χ2v) is 3.15. The Hall–Kier alpha value is -1.29. The number of esters is 1. The Kier molecular flexibility index (Phi) is 3.30. The van der Waals surface area contributed by atoms with E-state index in [1.54, 1.807) is 7.11 Å². The number of methoxy groups -OCH3 is 2. The number of nitrogens with one attached hydrogen (secondary N) is 1. The Bertz CT molecular complexity index is 341. The van der Waals surface area contributed by atoms with Crippen molar-refractivity contribution in [3.8, 4) is 0 Å². The van der Waals surface area contributed by atoms with Crippen LogP contribution in [0.3, 0.4) is 0 Å². The summed E-state index contributed by atoms with van der Waals surface area (Å²) in [5, 5.41) is 0. The van der Waals surface area contributed by atoms with Crippen molar-refractivity contribution in [2.75, 3.05) is 14.2 Å². The molecule has 0 atom stereocenters. The van der Waals surface area contributed by atoms with E-state index >= 15 is 0 Å². The van der Waals surface area contributed by atoms with E-state index in [0.29, 0.717) is 12.2 Å². The molecule has 1 heterocycles. The molecule has 0 radical (unpaired) electrons. The minimum absolute atomic E-state index is 0.307. The average Bonchev–Trinajstić information content (AvgIpc) is 2.42. The fourth-order valence-corrected chi connectivity index (χ4v) is 1.51. The molecule has 0 saturated carbocycles. The van der Waals surface area contributed by atoms with E-state index in [2.05, 4.69) is 9.72 Å². The van der Waals surface area contributed by atoms with Gasteiger partial charge >= 0.3 is 5.97 Å². The molecule has 14 heavy (non-hydrogen) atoms. The first kappa shape index (κ1) is 10.8. The van der Waals surface area contributed by atoms with Crippen molar-refractivity contribution in [3.63, 3.8) is 0 Å². The summed E-state index contributed by atoms with van der Waals surface area (Å²) in [6.07, 6.45) is 0. The molecule has 0 fully saturated rings. The van der Waals surface area contributed by atoms with Crippen LogP contribution >= 0.6 is 0 Å². The van der Waals surface area contributed by atoms with Crippen LogP contribution in [0.4, 0.5) is 0 Å². The highest BCUT2D eigenvalue weighted by atomic mass is 16.5. The van der Waals surface area contributed by atoms with Crippen molar-refractivity contribution in [1.29, 1.82) is 0 Å². The maximum absolute atomic E-state index is 11.4. The highest BCUT2D eigenvalue weighted by Gasteiger charge is 2.17. The van der Waals surface area contributed by atoms with Crippen LogP contribution in [-0.2, 0) is 16.1 Å². The summed E-state index contributed by atoms with van der Waals surface area (Å²) in [5.74, 6) is -0.307. The van der Waals surface area contributed by atoms with Gasteiger partial charge in [0.15, 0.2) is 0 Å². The number of aryl methyl sites for hydroxylation is 1. The summed E-state index contributed by atoms with van der Waals surface area (Å²) in [6, 6.07) is 0. The molecule has 0 aromatic carbocycles. The van der Waals surface area contributed by atoms with Crippen molar-refractivity contribution in [2.45, 2.75) is 20.5 Å². The van der Waals surface area contributed by atoms with Gasteiger partial charge in [0.2, 0.25) is 0 Å². The molecule has 0 unspecified atom stereocenters. The molecule has 4 nitrogen and oxygen atoms in total. The second kappa shape index (κ2) is 4.28. The maximum Gasteiger partial charge on any atom is 0.339 e. The van der Waals surface area contributed by atoms with Gasteiger partial charge in [0.1, 0.15) is 0 Å². The van der Waals surface area contributed by atoms with Crippen molar-refractivity contribution >= 4 is 5.97 Å². The number of rotatable bonds is 3. The number of aromatic amines is 1. The third-order valence-corrected chi connectivity index (χ3v) is 2.22. The third kappa shape index (κ3) is 1.80. The molecule has 1 aromatic rings. The molecular weight excluding hydrogens is 182 g/mol. The zero-order valence-electron chi connectivity index (χ0n) is 8.93. The summed E-state index contributed by atoms with van der Waals surface area (Å²) >= 11 is 0. The number of carbonyl (C=O) groups is 1. The lowest BCUT2D eigenvalue weighted by atomic mass is 10.1. The van der Waals surface area contributed by atoms with Crippen LogP contribution < -0.4 is 0 Å². The van der Waals surface area contributed by atoms with Crippen molar-refractivity contribution in [1.82, 2.24) is 4.98 Å². The van der Waals surface area contributed by atoms with Crippen molar-refractivity contribution in [2.24, 2.45) is 0 Å². The van der Waals surface area contributed by atoms with E-state index in [0.717, 1.165) is 17.0 Å². The molecule has 1 aromatic heterocycles. The number of hydrogen-bond acceptors (Lipinski definition) is 3. The molecule has 0 saturated heterocycles. The third-order valence-electron chi connectivity index (χ3n) is 2.22. The Morgan fingerprint density at radius 2 is 2.00 bits per heavy atom. The zero-order valence-corrected chi connectivity index (χ0v) is 8.93. The van der Waals surface area contributed by atoms with Gasteiger partial charge in [0, 0.05) is 18.5 Å². The Balaban J connectivity index is 3.11. The van der Waals surface area contributed by atoms with E-state index in [1.165, 1.54) is 7.11 Å². The first-order valence-electron chi connectivity index (χ1n) is 4.37. The Morgan fingerprint density at radius 1 is 1.36 bits per heavy atom. The molecule has 78 valence electrons. The van der Waals surface area contributed by atoms with E-state index in [9.17, 15) is 4.79 Å². The van der Waals surface area contributed by atoms with Gasteiger partial charge in [-0.1, -0.05) is 0 Å². The maximum atomic E-state index is 11.4. The van der Waals surface area contributed by atoms with Gasteiger partial charge < -0.3 is 14.5 Å². The van der Waals surface area contributed by atoms with Gasteiger partial charge in [-0.3, -0.25) is 0 Å². The zero-order chi connectivity index (χ0) is 10.7. The minimum atomic E-state index is -0.307. The Labute approximate surface area is 83.2 Å². The van der Waals surface area contributed by atoms with Gasteiger partial charge in [0.25, 0.3) is 0 Å². The number of hydrogen-bond donors (Lipinski definition) is 1. The largest absolute Gasteiger partial charge is 0.465 e. The standard InChI is InChI=1S/C10H15NO3/c1-6-8(5-13-3)11-7(2)9(6)10(12)14-4/h11H,5H2,1-4H3. The first-order valence-corrected chi connectivity index (χ1v) is 4.37. The first-order chi connectivity index (χ1) is 6.61. The van der Waals surface area contributed by atoms with E-state index in [-0.39, 0.29) is 5.97 Å². The molecule has 0 aliphatic carbocycles. The number of aromatic nitrogens is 1. The predicted molar refractivity (Wildman–Crippen MR) is 52.3 cm³/mol. The second-order valence-electron chi connectivity index (χ2n) is 3.15. The SMILES string of the molecule is COCc1[nH]c(C)c(C(=O)OC)c1C. The van der Waals surface area contributed by atoms with Gasteiger partial charge in [-0.15, -0.1) is 0 Å². The molecular formula is C10H15NO3. The van der Waals surface area contributed by atoms with E-state index in [4.69, 9.17) is 4.74 Å². The van der Waals surface area contributed by atoms with Gasteiger partial charge in [-0.25, -0.2) is 4.79 Å². The summed E-state index contributed by atoms with van der Waals surface area (Å²) in [5.41, 5.74) is 3.25. The van der Waals surface area contributed by atoms with Crippen LogP contribution in [-0.4, -0.2) is 25.2 Å². The number of carbonyl (C=O) groups excluding carboxylic acids is 1. The highest BCUT2D eigenvalue weighted by molar-refractivity contribution is 5.92. The molecule has 0 aliphatic heterocycles. The van der Waals surface area contributed by atoms with Gasteiger partial charge in [-0.2, -0.15) is 0 Å². The molecule has 4 heteroatoms. The molecule has 1 rings (SSSR count). The summed E-state index contributed by atoms with van der Waals surface area (Å²) in [6.45, 7) is 4.20. The van der Waals surface area contributed by atoms with Crippen LogP contribution in [0.25, 0.3) is 0 Å². The topological polar surface area (TPSA) is 51.3 Å². The molecule has 0 amide bonds. The smallest absolute Gasteiger partial charge is 0.339 e. The Morgan fingerprint density at radius 3 is 2.50 bits per heavy atom. The van der Waals surface area contributed by atoms with E-state index < -0.39 is 0 Å². The van der Waals surface area contributed by atoms with E-state index in [1.807, 2.05) is 13.8 Å². The molecule has 0 spiro atoms. The fraction of sp³-hybridized carbons (Fsp3) is 0.500. The molecule has 0 aliphatic rings. The van der Waals surface area contributed by atoms with Crippen LogP contribution in [0.2, 0.25) is 0 Å². The summed E-state index contributed by atoms with van der Waals surface area (Å²) in [7, 11) is 3.00. The molecule has 1 N–H and O–H groups in total. The predicted octanol–water partition coefficient (Wildman–Crippen LogP) is 1.56. The van der Waals surface area contributed by atoms with Gasteiger partial charge in [-0.05, 0) is 19.4 Å². The molecule has 0 bridgehead atoms. The average molecular weight is 197 g/mol. The monoisotopic (exact) mass is 197 g/mol. The summed E-state index contributed by atoms with van der Waals surface area (Å²) < 4.78 is 9.70. The lowest BCUT2D eigenvalue weighted by Gasteiger charge is -2.00. The summed E-state index contributed by atoms with van der Waals surface area (Å²) in [4.78, 5) is 14.5. The van der Waals surface area contributed by atoms with Gasteiger partial charge in [0.05, 0.1) is 19.3 Å². The number of ether oxygens (including phenoxy) is 2. The lowest BCUT2D eigenvalue weighted by Crippen LogP contribution is -2.03. The van der Waals surface area contributed by atoms with Crippen molar-refractivity contribution in [3.05, 3.63) is 22.5 Å². The fourth-order valence-electron chi connectivity index (χ4n) is 1.51. The van der Waals surface area contributed by atoms with Crippen LogP contribution in [0.1, 0.15) is 27.3 Å². The van der Waals surface area contributed by atoms with Crippen LogP contribution in [0.15, 0.2) is 0 Å². The number of H-pyrrole nitrogens is 1. The van der Waals surface area contributed by atoms with Crippen LogP contribution in [0, 0.1) is 13.8 Å². The van der Waals surface area contributed by atoms with Crippen LogP contribution in [0.5, 0.6) is 0 Å². The minimum Gasteiger partial charge on any atom is -0.465 e. The lowest BCUT2D eigenvalue weighted by molar-refractivity contribution is 0.0599. The quantitative estimate of drug-likeness (QED) is 0.748. The normalized spacial score (nSPS) is 10.3. The van der Waals surface area contributed by atoms with Crippen molar-refractivity contribution < 1.29 is 14.3 Å².